The van der Waals surface area contributed by atoms with Gasteiger partial charge in [-0.25, -0.2) is 9.78 Å². The molecule has 0 unspecified atom stereocenters. The number of imidazole rings is 1. The van der Waals surface area contributed by atoms with E-state index in [9.17, 15) is 4.79 Å². The Balaban J connectivity index is 2.02. The highest BCUT2D eigenvalue weighted by atomic mass is 16.4. The third kappa shape index (κ3) is 3.42. The van der Waals surface area contributed by atoms with E-state index in [-0.39, 0.29) is 0 Å². The van der Waals surface area contributed by atoms with Crippen LogP contribution in [0, 0.1) is 0 Å². The number of carboxylic acid groups (broad SMARTS) is 1. The van der Waals surface area contributed by atoms with E-state index >= 15 is 0 Å². The van der Waals surface area contributed by atoms with Gasteiger partial charge in [0, 0.05) is 26.0 Å². The van der Waals surface area contributed by atoms with E-state index in [4.69, 9.17) is 5.11 Å². The van der Waals surface area contributed by atoms with Gasteiger partial charge in [-0.15, -0.1) is 0 Å². The summed E-state index contributed by atoms with van der Waals surface area (Å²) in [5.74, 6) is 0.0884. The molecule has 0 spiro atoms. The second kappa shape index (κ2) is 5.67. The zero-order chi connectivity index (χ0) is 13.8. The second-order valence-corrected chi connectivity index (χ2v) is 4.63. The summed E-state index contributed by atoms with van der Waals surface area (Å²) in [5.41, 5.74) is 1.31. The molecule has 0 fully saturated rings. The van der Waals surface area contributed by atoms with Crippen LogP contribution in [0.1, 0.15) is 21.7 Å². The van der Waals surface area contributed by atoms with Crippen molar-refractivity contribution in [2.24, 2.45) is 7.05 Å². The molecule has 19 heavy (non-hydrogen) atoms. The van der Waals surface area contributed by atoms with Crippen molar-refractivity contribution in [1.82, 2.24) is 14.5 Å². The molecule has 1 heterocycles. The summed E-state index contributed by atoms with van der Waals surface area (Å²) in [6, 6.07) is 7.01. The van der Waals surface area contributed by atoms with Crippen molar-refractivity contribution >= 4 is 5.97 Å². The van der Waals surface area contributed by atoms with Gasteiger partial charge < -0.3 is 9.67 Å². The normalized spacial score (nSPS) is 10.9. The Hall–Kier alpha value is -2.14. The van der Waals surface area contributed by atoms with Crippen molar-refractivity contribution in [3.8, 4) is 0 Å². The van der Waals surface area contributed by atoms with Crippen molar-refractivity contribution in [2.45, 2.75) is 13.1 Å². The largest absolute Gasteiger partial charge is 0.478 e. The lowest BCUT2D eigenvalue weighted by Crippen LogP contribution is -2.19. The molecule has 0 saturated heterocycles. The minimum atomic E-state index is -0.895. The predicted octanol–water partition coefficient (Wildman–Crippen LogP) is 1.75. The zero-order valence-electron chi connectivity index (χ0n) is 11.1. The van der Waals surface area contributed by atoms with Gasteiger partial charge in [0.2, 0.25) is 0 Å². The number of nitrogens with zero attached hydrogens (tertiary/aromatic N) is 3. The molecule has 5 heteroatoms. The van der Waals surface area contributed by atoms with Gasteiger partial charge in [0.15, 0.2) is 0 Å². The van der Waals surface area contributed by atoms with Gasteiger partial charge in [0.1, 0.15) is 5.82 Å². The molecule has 5 nitrogen and oxygen atoms in total. The third-order valence-corrected chi connectivity index (χ3v) is 2.96. The molecule has 100 valence electrons. The molecule has 2 aromatic rings. The van der Waals surface area contributed by atoms with E-state index in [2.05, 4.69) is 9.88 Å². The topological polar surface area (TPSA) is 58.4 Å². The maximum absolute atomic E-state index is 10.9. The van der Waals surface area contributed by atoms with E-state index < -0.39 is 5.97 Å². The van der Waals surface area contributed by atoms with Crippen LogP contribution in [-0.2, 0) is 20.1 Å². The standard InChI is InChI=1S/C14H17N3O2/c1-16(10-13-15-6-7-17(13)2)9-11-4-3-5-12(8-11)14(18)19/h3-8H,9-10H2,1-2H3,(H,18,19). The van der Waals surface area contributed by atoms with Crippen LogP contribution in [-0.4, -0.2) is 32.6 Å². The SMILES string of the molecule is CN(Cc1cccc(C(=O)O)c1)Cc1nccn1C. The van der Waals surface area contributed by atoms with Crippen molar-refractivity contribution in [3.05, 3.63) is 53.6 Å². The first-order chi connectivity index (χ1) is 9.06. The number of carbonyl (C=O) groups is 1. The highest BCUT2D eigenvalue weighted by Gasteiger charge is 2.07. The number of hydrogen-bond donors (Lipinski definition) is 1. The molecular formula is C14H17N3O2. The molecule has 0 saturated carbocycles. The monoisotopic (exact) mass is 259 g/mol. The summed E-state index contributed by atoms with van der Waals surface area (Å²) in [6.07, 6.45) is 3.68. The van der Waals surface area contributed by atoms with Crippen LogP contribution in [0.2, 0.25) is 0 Å². The van der Waals surface area contributed by atoms with Gasteiger partial charge in [-0.05, 0) is 24.7 Å². The molecule has 0 bridgehead atoms. The molecule has 1 aromatic heterocycles. The van der Waals surface area contributed by atoms with Crippen LogP contribution in [0.4, 0.5) is 0 Å². The number of aryl methyl sites for hydroxylation is 1. The number of carboxylic acids is 1. The molecule has 0 amide bonds. The number of benzene rings is 1. The van der Waals surface area contributed by atoms with E-state index in [0.29, 0.717) is 12.1 Å². The summed E-state index contributed by atoms with van der Waals surface area (Å²) in [6.45, 7) is 1.41. The number of hydrogen-bond acceptors (Lipinski definition) is 3. The number of aromatic carboxylic acids is 1. The van der Waals surface area contributed by atoms with Gasteiger partial charge in [-0.3, -0.25) is 4.90 Å². The lowest BCUT2D eigenvalue weighted by molar-refractivity contribution is 0.0696. The maximum Gasteiger partial charge on any atom is 0.335 e. The quantitative estimate of drug-likeness (QED) is 0.888. The van der Waals surface area contributed by atoms with E-state index in [0.717, 1.165) is 17.9 Å². The molecule has 0 aliphatic rings. The number of rotatable bonds is 5. The van der Waals surface area contributed by atoms with Crippen molar-refractivity contribution < 1.29 is 9.90 Å². The van der Waals surface area contributed by atoms with Crippen LogP contribution in [0.3, 0.4) is 0 Å². The fraction of sp³-hybridized carbons (Fsp3) is 0.286. The van der Waals surface area contributed by atoms with Gasteiger partial charge in [-0.2, -0.15) is 0 Å². The molecule has 0 aliphatic heterocycles. The summed E-state index contributed by atoms with van der Waals surface area (Å²) in [5, 5.41) is 8.96. The van der Waals surface area contributed by atoms with Gasteiger partial charge >= 0.3 is 5.97 Å². The molecule has 2 rings (SSSR count). The smallest absolute Gasteiger partial charge is 0.335 e. The molecule has 1 aromatic carbocycles. The first-order valence-corrected chi connectivity index (χ1v) is 6.03. The Bertz CT molecular complexity index is 578. The average Bonchev–Trinajstić information content (AvgIpc) is 2.75. The lowest BCUT2D eigenvalue weighted by atomic mass is 10.1. The molecule has 0 aliphatic carbocycles. The Kier molecular flexibility index (Phi) is 3.97. The Morgan fingerprint density at radius 2 is 2.21 bits per heavy atom. The third-order valence-electron chi connectivity index (χ3n) is 2.96. The lowest BCUT2D eigenvalue weighted by Gasteiger charge is -2.16. The summed E-state index contributed by atoms with van der Waals surface area (Å²) in [7, 11) is 3.95. The maximum atomic E-state index is 10.9. The minimum absolute atomic E-state index is 0.322. The first kappa shape index (κ1) is 13.3. The second-order valence-electron chi connectivity index (χ2n) is 4.63. The van der Waals surface area contributed by atoms with Crippen LogP contribution < -0.4 is 0 Å². The van der Waals surface area contributed by atoms with Crippen LogP contribution in [0.5, 0.6) is 0 Å². The Morgan fingerprint density at radius 1 is 1.42 bits per heavy atom. The van der Waals surface area contributed by atoms with Crippen LogP contribution >= 0.6 is 0 Å². The van der Waals surface area contributed by atoms with Gasteiger partial charge in [-0.1, -0.05) is 12.1 Å². The first-order valence-electron chi connectivity index (χ1n) is 6.03. The van der Waals surface area contributed by atoms with Crippen molar-refractivity contribution in [2.75, 3.05) is 7.05 Å². The zero-order valence-corrected chi connectivity index (χ0v) is 11.1. The molecule has 0 radical (unpaired) electrons. The average molecular weight is 259 g/mol. The van der Waals surface area contributed by atoms with Crippen LogP contribution in [0.25, 0.3) is 0 Å². The highest BCUT2D eigenvalue weighted by molar-refractivity contribution is 5.87. The van der Waals surface area contributed by atoms with Gasteiger partial charge in [0.05, 0.1) is 12.1 Å². The minimum Gasteiger partial charge on any atom is -0.478 e. The summed E-state index contributed by atoms with van der Waals surface area (Å²) < 4.78 is 1.98. The Morgan fingerprint density at radius 3 is 2.84 bits per heavy atom. The molecular weight excluding hydrogens is 242 g/mol. The fourth-order valence-corrected chi connectivity index (χ4v) is 1.96. The Labute approximate surface area is 112 Å². The van der Waals surface area contributed by atoms with Crippen molar-refractivity contribution in [3.63, 3.8) is 0 Å². The van der Waals surface area contributed by atoms with E-state index in [1.807, 2.05) is 30.9 Å². The predicted molar refractivity (Wildman–Crippen MR) is 71.8 cm³/mol. The summed E-state index contributed by atoms with van der Waals surface area (Å²) >= 11 is 0. The molecule has 0 atom stereocenters. The summed E-state index contributed by atoms with van der Waals surface area (Å²) in [4.78, 5) is 17.3. The molecule has 1 N–H and O–H groups in total. The van der Waals surface area contributed by atoms with E-state index in [1.165, 1.54) is 0 Å². The highest BCUT2D eigenvalue weighted by Crippen LogP contribution is 2.09. The van der Waals surface area contributed by atoms with E-state index in [1.54, 1.807) is 24.4 Å². The van der Waals surface area contributed by atoms with Gasteiger partial charge in [0.25, 0.3) is 0 Å². The fourth-order valence-electron chi connectivity index (χ4n) is 1.96. The van der Waals surface area contributed by atoms with Crippen LogP contribution in [0.15, 0.2) is 36.7 Å². The van der Waals surface area contributed by atoms with Crippen molar-refractivity contribution in [1.29, 1.82) is 0 Å². The number of aromatic nitrogens is 2.